The molecule has 1 N–H and O–H groups in total. The Labute approximate surface area is 183 Å². The number of benzene rings is 1. The number of nitrogens with one attached hydrogen (secondary N) is 1. The fourth-order valence-corrected chi connectivity index (χ4v) is 4.99. The van der Waals surface area contributed by atoms with Crippen LogP contribution in [0.25, 0.3) is 11.1 Å². The number of fused-ring (bicyclic) bond motifs is 1. The molecule has 4 rings (SSSR count). The van der Waals surface area contributed by atoms with E-state index in [-0.39, 0.29) is 42.4 Å². The number of nitrogens with zero attached hydrogens (tertiary/aromatic N) is 1. The molecule has 1 aromatic carbocycles. The van der Waals surface area contributed by atoms with Crippen molar-refractivity contribution in [1.29, 1.82) is 0 Å². The molecule has 0 bridgehead atoms. The summed E-state index contributed by atoms with van der Waals surface area (Å²) < 4.78 is 5.19. The molecule has 1 aromatic heterocycles. The van der Waals surface area contributed by atoms with Gasteiger partial charge in [-0.05, 0) is 25.3 Å². The molecule has 2 aromatic rings. The molecule has 31 heavy (non-hydrogen) atoms. The van der Waals surface area contributed by atoms with E-state index in [0.29, 0.717) is 23.4 Å². The SMILES string of the molecule is CCOC(=O)c1c(-c2ccccc2)csc1NC(=O)CN1C(=O)C2CC=CCC2C1=O. The van der Waals surface area contributed by atoms with Crippen molar-refractivity contribution in [3.05, 3.63) is 53.4 Å². The average Bonchev–Trinajstić information content (AvgIpc) is 3.30. The van der Waals surface area contributed by atoms with Gasteiger partial charge < -0.3 is 10.1 Å². The lowest BCUT2D eigenvalue weighted by Gasteiger charge is -2.14. The maximum Gasteiger partial charge on any atom is 0.341 e. The molecule has 7 nitrogen and oxygen atoms in total. The van der Waals surface area contributed by atoms with Crippen LogP contribution in [0.3, 0.4) is 0 Å². The van der Waals surface area contributed by atoms with Gasteiger partial charge in [-0.2, -0.15) is 0 Å². The van der Waals surface area contributed by atoms with Crippen LogP contribution in [0.2, 0.25) is 0 Å². The minimum atomic E-state index is -0.539. The van der Waals surface area contributed by atoms with Gasteiger partial charge in [0.15, 0.2) is 0 Å². The standard InChI is InChI=1S/C23H22N2O5S/c1-2-30-23(29)19-17(14-8-4-3-5-9-14)13-31-20(19)24-18(26)12-25-21(27)15-10-6-7-11-16(15)22(25)28/h3-9,13,15-16H,2,10-12H2,1H3,(H,24,26). The molecule has 160 valence electrons. The summed E-state index contributed by atoms with van der Waals surface area (Å²) in [4.78, 5) is 51.6. The van der Waals surface area contributed by atoms with Crippen LogP contribution < -0.4 is 5.32 Å². The molecule has 0 spiro atoms. The Balaban J connectivity index is 1.54. The van der Waals surface area contributed by atoms with E-state index in [0.717, 1.165) is 10.5 Å². The van der Waals surface area contributed by atoms with Crippen molar-refractivity contribution in [2.24, 2.45) is 11.8 Å². The number of carbonyl (C=O) groups is 4. The largest absolute Gasteiger partial charge is 0.462 e. The molecule has 0 saturated carbocycles. The zero-order valence-electron chi connectivity index (χ0n) is 17.0. The number of hydrogen-bond acceptors (Lipinski definition) is 6. The minimum absolute atomic E-state index is 0.198. The quantitative estimate of drug-likeness (QED) is 0.423. The molecule has 1 saturated heterocycles. The molecule has 1 aliphatic carbocycles. The van der Waals surface area contributed by atoms with Gasteiger partial charge in [-0.1, -0.05) is 42.5 Å². The van der Waals surface area contributed by atoms with Crippen LogP contribution in [0.1, 0.15) is 30.1 Å². The number of ether oxygens (including phenoxy) is 1. The van der Waals surface area contributed by atoms with E-state index in [4.69, 9.17) is 4.74 Å². The number of esters is 1. The number of imide groups is 1. The molecule has 0 radical (unpaired) electrons. The zero-order valence-corrected chi connectivity index (χ0v) is 17.8. The van der Waals surface area contributed by atoms with Gasteiger partial charge in [-0.3, -0.25) is 19.3 Å². The maximum atomic E-state index is 12.7. The second-order valence-corrected chi connectivity index (χ2v) is 8.29. The van der Waals surface area contributed by atoms with Gasteiger partial charge in [0.2, 0.25) is 17.7 Å². The number of thiophene rings is 1. The van der Waals surface area contributed by atoms with E-state index in [1.165, 1.54) is 11.3 Å². The highest BCUT2D eigenvalue weighted by atomic mass is 32.1. The molecule has 8 heteroatoms. The average molecular weight is 439 g/mol. The molecule has 2 unspecified atom stereocenters. The summed E-state index contributed by atoms with van der Waals surface area (Å²) in [7, 11) is 0. The highest BCUT2D eigenvalue weighted by molar-refractivity contribution is 7.15. The van der Waals surface area contributed by atoms with Gasteiger partial charge in [0.1, 0.15) is 17.1 Å². The Bertz CT molecular complexity index is 1030. The first-order valence-corrected chi connectivity index (χ1v) is 11.0. The number of rotatable bonds is 6. The summed E-state index contributed by atoms with van der Waals surface area (Å²) in [5.41, 5.74) is 1.75. The minimum Gasteiger partial charge on any atom is -0.462 e. The van der Waals surface area contributed by atoms with Crippen LogP contribution in [0.15, 0.2) is 47.9 Å². The molecule has 2 atom stereocenters. The van der Waals surface area contributed by atoms with Gasteiger partial charge in [0.25, 0.3) is 0 Å². The molecule has 2 aliphatic rings. The lowest BCUT2D eigenvalue weighted by Crippen LogP contribution is -2.38. The first kappa shape index (κ1) is 21.0. The van der Waals surface area contributed by atoms with Gasteiger partial charge >= 0.3 is 5.97 Å². The fourth-order valence-electron chi connectivity index (χ4n) is 4.02. The number of amides is 3. The van der Waals surface area contributed by atoms with Gasteiger partial charge in [0, 0.05) is 10.9 Å². The lowest BCUT2D eigenvalue weighted by atomic mass is 9.85. The van der Waals surface area contributed by atoms with Crippen LogP contribution in [0, 0.1) is 11.8 Å². The van der Waals surface area contributed by atoms with Crippen LogP contribution >= 0.6 is 11.3 Å². The predicted molar refractivity (Wildman–Crippen MR) is 116 cm³/mol. The Morgan fingerprint density at radius 2 is 1.74 bits per heavy atom. The van der Waals surface area contributed by atoms with Crippen molar-refractivity contribution in [3.8, 4) is 11.1 Å². The summed E-state index contributed by atoms with van der Waals surface area (Å²) in [5.74, 6) is -2.45. The molecule has 1 fully saturated rings. The second kappa shape index (κ2) is 8.85. The Hall–Kier alpha value is -3.26. The third kappa shape index (κ3) is 4.03. The van der Waals surface area contributed by atoms with Crippen molar-refractivity contribution in [2.45, 2.75) is 19.8 Å². The summed E-state index contributed by atoms with van der Waals surface area (Å²) in [6, 6.07) is 9.33. The number of anilines is 1. The van der Waals surface area contributed by atoms with Crippen molar-refractivity contribution >= 4 is 40.0 Å². The summed E-state index contributed by atoms with van der Waals surface area (Å²) >= 11 is 1.20. The topological polar surface area (TPSA) is 92.8 Å². The van der Waals surface area contributed by atoms with Crippen LogP contribution in [0.4, 0.5) is 5.00 Å². The van der Waals surface area contributed by atoms with Crippen LogP contribution in [-0.4, -0.2) is 41.7 Å². The Kier molecular flexibility index (Phi) is 5.99. The zero-order chi connectivity index (χ0) is 22.0. The number of likely N-dealkylation sites (tertiary alicyclic amines) is 1. The predicted octanol–water partition coefficient (Wildman–Crippen LogP) is 3.48. The monoisotopic (exact) mass is 438 g/mol. The highest BCUT2D eigenvalue weighted by Crippen LogP contribution is 2.37. The van der Waals surface area contributed by atoms with Crippen LogP contribution in [0.5, 0.6) is 0 Å². The van der Waals surface area contributed by atoms with Gasteiger partial charge in [-0.25, -0.2) is 4.79 Å². The molecular weight excluding hydrogens is 416 g/mol. The first-order chi connectivity index (χ1) is 15.0. The Morgan fingerprint density at radius 3 is 2.35 bits per heavy atom. The van der Waals surface area contributed by atoms with Crippen molar-refractivity contribution in [1.82, 2.24) is 4.90 Å². The Morgan fingerprint density at radius 1 is 1.10 bits per heavy atom. The van der Waals surface area contributed by atoms with Crippen LogP contribution in [-0.2, 0) is 19.1 Å². The summed E-state index contributed by atoms with van der Waals surface area (Å²) in [6.07, 6.45) is 4.84. The summed E-state index contributed by atoms with van der Waals surface area (Å²) in [5, 5.41) is 4.82. The van der Waals surface area contributed by atoms with Crippen molar-refractivity contribution in [2.75, 3.05) is 18.5 Å². The summed E-state index contributed by atoms with van der Waals surface area (Å²) in [6.45, 7) is 1.54. The van der Waals surface area contributed by atoms with E-state index in [1.807, 2.05) is 42.5 Å². The van der Waals surface area contributed by atoms with E-state index < -0.39 is 11.9 Å². The number of allylic oxidation sites excluding steroid dienone is 2. The first-order valence-electron chi connectivity index (χ1n) is 10.1. The molecule has 3 amide bonds. The smallest absolute Gasteiger partial charge is 0.341 e. The third-order valence-electron chi connectivity index (χ3n) is 5.51. The molecule has 1 aliphatic heterocycles. The van der Waals surface area contributed by atoms with Gasteiger partial charge in [0.05, 0.1) is 18.4 Å². The normalized spacial score (nSPS) is 20.0. The molecular formula is C23H22N2O5S. The van der Waals surface area contributed by atoms with Crippen molar-refractivity contribution < 1.29 is 23.9 Å². The molecule has 2 heterocycles. The lowest BCUT2D eigenvalue weighted by molar-refractivity contribution is -0.142. The van der Waals surface area contributed by atoms with E-state index >= 15 is 0 Å². The maximum absolute atomic E-state index is 12.7. The highest BCUT2D eigenvalue weighted by Gasteiger charge is 2.47. The van der Waals surface area contributed by atoms with E-state index in [9.17, 15) is 19.2 Å². The van der Waals surface area contributed by atoms with Gasteiger partial charge in [-0.15, -0.1) is 11.3 Å². The van der Waals surface area contributed by atoms with Crippen molar-refractivity contribution in [3.63, 3.8) is 0 Å². The third-order valence-corrected chi connectivity index (χ3v) is 6.40. The fraction of sp³-hybridized carbons (Fsp3) is 0.304. The number of hydrogen-bond donors (Lipinski definition) is 1. The van der Waals surface area contributed by atoms with E-state index in [2.05, 4.69) is 5.32 Å². The number of carbonyl (C=O) groups excluding carboxylic acids is 4. The second-order valence-electron chi connectivity index (χ2n) is 7.41. The van der Waals surface area contributed by atoms with E-state index in [1.54, 1.807) is 12.3 Å².